The lowest BCUT2D eigenvalue weighted by Gasteiger charge is -2.11. The molecule has 108 valence electrons. The zero-order valence-corrected chi connectivity index (χ0v) is 13.4. The second-order valence-corrected chi connectivity index (χ2v) is 7.92. The first-order chi connectivity index (χ1) is 9.29. The van der Waals surface area contributed by atoms with E-state index in [4.69, 9.17) is 5.73 Å². The van der Waals surface area contributed by atoms with Gasteiger partial charge in [0.1, 0.15) is 4.90 Å². The van der Waals surface area contributed by atoms with Crippen LogP contribution in [-0.2, 0) is 16.6 Å². The summed E-state index contributed by atoms with van der Waals surface area (Å²) in [5.74, 6) is 0. The second-order valence-electron chi connectivity index (χ2n) is 4.81. The molecule has 1 aromatic heterocycles. The van der Waals surface area contributed by atoms with Crippen LogP contribution in [0.3, 0.4) is 0 Å². The van der Waals surface area contributed by atoms with Crippen molar-refractivity contribution in [2.24, 2.45) is 0 Å². The monoisotopic (exact) mass is 310 g/mol. The average molecular weight is 310 g/mol. The van der Waals surface area contributed by atoms with E-state index in [9.17, 15) is 8.42 Å². The fourth-order valence-corrected chi connectivity index (χ4v) is 3.99. The summed E-state index contributed by atoms with van der Waals surface area (Å²) < 4.78 is 27.2. The number of hydrogen-bond acceptors (Lipinski definition) is 4. The Kier molecular flexibility index (Phi) is 4.17. The fourth-order valence-electron chi connectivity index (χ4n) is 1.87. The molecule has 0 atom stereocenters. The number of benzene rings is 1. The van der Waals surface area contributed by atoms with Crippen LogP contribution in [0, 0.1) is 20.8 Å². The minimum atomic E-state index is -3.59. The summed E-state index contributed by atoms with van der Waals surface area (Å²) in [6.07, 6.45) is 0. The number of nitrogen functional groups attached to an aromatic ring is 1. The lowest BCUT2D eigenvalue weighted by molar-refractivity contribution is 0.582. The quantitative estimate of drug-likeness (QED) is 0.853. The maximum absolute atomic E-state index is 12.3. The SMILES string of the molecule is Cc1ccc(CNS(=O)(=O)c2cc(C)c(C)cc2N)s1. The van der Waals surface area contributed by atoms with E-state index in [1.165, 1.54) is 0 Å². The molecule has 6 heteroatoms. The molecule has 0 aliphatic carbocycles. The summed E-state index contributed by atoms with van der Waals surface area (Å²) in [4.78, 5) is 2.28. The lowest BCUT2D eigenvalue weighted by atomic mass is 10.1. The van der Waals surface area contributed by atoms with Crippen LogP contribution in [0.5, 0.6) is 0 Å². The Labute approximate surface area is 123 Å². The van der Waals surface area contributed by atoms with Crippen molar-refractivity contribution < 1.29 is 8.42 Å². The van der Waals surface area contributed by atoms with E-state index in [0.717, 1.165) is 20.9 Å². The smallest absolute Gasteiger partial charge is 0.242 e. The molecule has 2 rings (SSSR count). The Balaban J connectivity index is 2.24. The van der Waals surface area contributed by atoms with Crippen molar-refractivity contribution in [2.45, 2.75) is 32.2 Å². The van der Waals surface area contributed by atoms with Crippen LogP contribution >= 0.6 is 11.3 Å². The molecule has 1 heterocycles. The molecule has 0 radical (unpaired) electrons. The topological polar surface area (TPSA) is 72.2 Å². The largest absolute Gasteiger partial charge is 0.398 e. The van der Waals surface area contributed by atoms with Gasteiger partial charge in [-0.2, -0.15) is 0 Å². The predicted molar refractivity (Wildman–Crippen MR) is 83.4 cm³/mol. The maximum Gasteiger partial charge on any atom is 0.242 e. The molecule has 20 heavy (non-hydrogen) atoms. The number of rotatable bonds is 4. The first-order valence-corrected chi connectivity index (χ1v) is 8.51. The minimum absolute atomic E-state index is 0.147. The van der Waals surface area contributed by atoms with Crippen molar-refractivity contribution in [3.05, 3.63) is 45.1 Å². The highest BCUT2D eigenvalue weighted by atomic mass is 32.2. The van der Waals surface area contributed by atoms with E-state index in [-0.39, 0.29) is 17.1 Å². The average Bonchev–Trinajstić information content (AvgIpc) is 2.77. The molecular formula is C14H18N2O2S2. The van der Waals surface area contributed by atoms with Gasteiger partial charge in [0.05, 0.1) is 5.69 Å². The Morgan fingerprint density at radius 1 is 1.15 bits per heavy atom. The van der Waals surface area contributed by atoms with Crippen molar-refractivity contribution in [3.63, 3.8) is 0 Å². The van der Waals surface area contributed by atoms with Gasteiger partial charge in [-0.1, -0.05) is 0 Å². The summed E-state index contributed by atoms with van der Waals surface area (Å²) in [7, 11) is -3.59. The van der Waals surface area contributed by atoms with E-state index < -0.39 is 10.0 Å². The van der Waals surface area contributed by atoms with Gasteiger partial charge >= 0.3 is 0 Å². The molecule has 4 nitrogen and oxygen atoms in total. The van der Waals surface area contributed by atoms with Crippen LogP contribution in [0.2, 0.25) is 0 Å². The summed E-state index contributed by atoms with van der Waals surface area (Å²) in [6, 6.07) is 7.21. The first-order valence-electron chi connectivity index (χ1n) is 6.21. The molecule has 0 bridgehead atoms. The Morgan fingerprint density at radius 2 is 1.80 bits per heavy atom. The zero-order chi connectivity index (χ0) is 14.9. The highest BCUT2D eigenvalue weighted by Crippen LogP contribution is 2.23. The van der Waals surface area contributed by atoms with Gasteiger partial charge < -0.3 is 5.73 Å². The van der Waals surface area contributed by atoms with Crippen LogP contribution in [0.4, 0.5) is 5.69 Å². The highest BCUT2D eigenvalue weighted by Gasteiger charge is 2.18. The Hall–Kier alpha value is -1.37. The lowest BCUT2D eigenvalue weighted by Crippen LogP contribution is -2.24. The summed E-state index contributed by atoms with van der Waals surface area (Å²) in [5, 5.41) is 0. The number of nitrogens with one attached hydrogen (secondary N) is 1. The Bertz CT molecular complexity index is 734. The second kappa shape index (κ2) is 5.55. The third-order valence-electron chi connectivity index (χ3n) is 3.15. The molecule has 0 saturated carbocycles. The van der Waals surface area contributed by atoms with Gasteiger partial charge in [-0.05, 0) is 56.2 Å². The summed E-state index contributed by atoms with van der Waals surface area (Å²) >= 11 is 1.58. The highest BCUT2D eigenvalue weighted by molar-refractivity contribution is 7.89. The van der Waals surface area contributed by atoms with Gasteiger partial charge in [-0.15, -0.1) is 11.3 Å². The standard InChI is InChI=1S/C14H18N2O2S2/c1-9-6-13(15)14(7-10(9)2)20(17,18)16-8-12-5-4-11(3)19-12/h4-7,16H,8,15H2,1-3H3. The molecule has 0 amide bonds. The summed E-state index contributed by atoms with van der Waals surface area (Å²) in [5.41, 5.74) is 8.00. The van der Waals surface area contributed by atoms with Gasteiger partial charge in [-0.3, -0.25) is 0 Å². The number of thiophene rings is 1. The molecule has 1 aromatic carbocycles. The van der Waals surface area contributed by atoms with E-state index in [2.05, 4.69) is 4.72 Å². The van der Waals surface area contributed by atoms with Crippen LogP contribution in [0.1, 0.15) is 20.9 Å². The molecule has 0 fully saturated rings. The minimum Gasteiger partial charge on any atom is -0.398 e. The van der Waals surface area contributed by atoms with Gasteiger partial charge in [0.25, 0.3) is 0 Å². The van der Waals surface area contributed by atoms with Crippen LogP contribution in [0.15, 0.2) is 29.2 Å². The molecule has 2 aromatic rings. The van der Waals surface area contributed by atoms with Crippen LogP contribution in [-0.4, -0.2) is 8.42 Å². The van der Waals surface area contributed by atoms with Gasteiger partial charge in [0.2, 0.25) is 10.0 Å². The maximum atomic E-state index is 12.3. The van der Waals surface area contributed by atoms with Crippen LogP contribution in [0.25, 0.3) is 0 Å². The van der Waals surface area contributed by atoms with Gasteiger partial charge in [0, 0.05) is 16.3 Å². The third kappa shape index (κ3) is 3.20. The van der Waals surface area contributed by atoms with Crippen molar-refractivity contribution >= 4 is 27.0 Å². The summed E-state index contributed by atoms with van der Waals surface area (Å²) in [6.45, 7) is 6.05. The van der Waals surface area contributed by atoms with E-state index in [1.807, 2.05) is 32.9 Å². The zero-order valence-electron chi connectivity index (χ0n) is 11.7. The number of hydrogen-bond donors (Lipinski definition) is 2. The Morgan fingerprint density at radius 3 is 2.40 bits per heavy atom. The van der Waals surface area contributed by atoms with E-state index in [1.54, 1.807) is 23.5 Å². The third-order valence-corrected chi connectivity index (χ3v) is 5.61. The van der Waals surface area contributed by atoms with Crippen molar-refractivity contribution in [3.8, 4) is 0 Å². The predicted octanol–water partition coefficient (Wildman–Crippen LogP) is 2.73. The molecule has 0 unspecified atom stereocenters. The normalized spacial score (nSPS) is 11.8. The fraction of sp³-hybridized carbons (Fsp3) is 0.286. The van der Waals surface area contributed by atoms with E-state index in [0.29, 0.717) is 0 Å². The van der Waals surface area contributed by atoms with Crippen molar-refractivity contribution in [1.82, 2.24) is 4.72 Å². The molecule has 0 aliphatic rings. The molecular weight excluding hydrogens is 292 g/mol. The molecule has 3 N–H and O–H groups in total. The van der Waals surface area contributed by atoms with Crippen molar-refractivity contribution in [1.29, 1.82) is 0 Å². The van der Waals surface area contributed by atoms with Gasteiger partial charge in [-0.25, -0.2) is 13.1 Å². The van der Waals surface area contributed by atoms with Gasteiger partial charge in [0.15, 0.2) is 0 Å². The molecule has 0 saturated heterocycles. The van der Waals surface area contributed by atoms with E-state index >= 15 is 0 Å². The number of aryl methyl sites for hydroxylation is 3. The first kappa shape index (κ1) is 15.0. The number of sulfonamides is 1. The van der Waals surface area contributed by atoms with Crippen molar-refractivity contribution in [2.75, 3.05) is 5.73 Å². The number of nitrogens with two attached hydrogens (primary N) is 1. The number of anilines is 1. The molecule has 0 spiro atoms. The molecule has 0 aliphatic heterocycles. The van der Waals surface area contributed by atoms with Crippen LogP contribution < -0.4 is 10.5 Å².